The first kappa shape index (κ1) is 51.7. The van der Waals surface area contributed by atoms with Gasteiger partial charge >= 0.3 is 17.9 Å². The molecule has 3 aromatic heterocycles. The zero-order valence-electron chi connectivity index (χ0n) is 37.8. The Morgan fingerprint density at radius 2 is 1.40 bits per heavy atom. The van der Waals surface area contributed by atoms with Crippen LogP contribution >= 0.6 is 0 Å². The fourth-order valence-corrected chi connectivity index (χ4v) is 7.24. The van der Waals surface area contributed by atoms with Crippen molar-refractivity contribution < 1.29 is 48.4 Å². The van der Waals surface area contributed by atoms with E-state index in [1.807, 2.05) is 20.6 Å². The van der Waals surface area contributed by atoms with Gasteiger partial charge in [0.25, 0.3) is 5.88 Å². The number of hydrogen-bond acceptors (Lipinski definition) is 16. The highest BCUT2D eigenvalue weighted by molar-refractivity contribution is 5.87. The predicted octanol–water partition coefficient (Wildman–Crippen LogP) is 0.498. The summed E-state index contributed by atoms with van der Waals surface area (Å²) in [6.07, 6.45) is 6.39. The second-order valence-corrected chi connectivity index (χ2v) is 16.9. The summed E-state index contributed by atoms with van der Waals surface area (Å²) in [6, 6.07) is 0. The van der Waals surface area contributed by atoms with Crippen LogP contribution in [-0.4, -0.2) is 205 Å². The van der Waals surface area contributed by atoms with Gasteiger partial charge in [0.2, 0.25) is 17.8 Å². The number of unbranched alkanes of at least 4 members (excludes halogenated alkanes) is 2. The van der Waals surface area contributed by atoms with Gasteiger partial charge in [-0.05, 0) is 52.5 Å². The number of halogens is 1. The monoisotopic (exact) mass is 917 g/mol. The number of aromatic nitrogens is 6. The molecule has 2 aliphatic heterocycles. The lowest BCUT2D eigenvalue weighted by atomic mass is 10.1. The largest absolute Gasteiger partial charge is 0.480 e. The number of amides is 2. The number of nitrogens with two attached hydrogens (primary N) is 1. The second-order valence-electron chi connectivity index (χ2n) is 16.9. The number of fused-ring (bicyclic) bond motifs is 1. The molecule has 2 aliphatic rings. The van der Waals surface area contributed by atoms with Gasteiger partial charge in [0.1, 0.15) is 11.9 Å². The number of imidazole rings is 1. The maximum absolute atomic E-state index is 14.2. The van der Waals surface area contributed by atoms with Crippen molar-refractivity contribution in [3.63, 3.8) is 0 Å². The van der Waals surface area contributed by atoms with Crippen molar-refractivity contribution in [2.75, 3.05) is 115 Å². The molecule has 2 amide bonds. The average Bonchev–Trinajstić information content (AvgIpc) is 3.98. The third-order valence-electron chi connectivity index (χ3n) is 10.7. The molecule has 23 nitrogen and oxygen atoms in total. The molecule has 0 aliphatic carbocycles. The van der Waals surface area contributed by atoms with E-state index in [0.29, 0.717) is 113 Å². The number of carbonyl (C=O) groups is 5. The van der Waals surface area contributed by atoms with Gasteiger partial charge in [0, 0.05) is 77.5 Å². The van der Waals surface area contributed by atoms with Gasteiger partial charge in [-0.2, -0.15) is 9.97 Å². The number of aryl methyl sites for hydroxylation is 1. The van der Waals surface area contributed by atoms with Crippen LogP contribution in [0.5, 0.6) is 5.88 Å². The summed E-state index contributed by atoms with van der Waals surface area (Å²) in [5.74, 6) is -2.46. The van der Waals surface area contributed by atoms with Gasteiger partial charge in [-0.1, -0.05) is 6.58 Å². The second kappa shape index (κ2) is 24.9. The van der Waals surface area contributed by atoms with Crippen molar-refractivity contribution in [3.05, 3.63) is 25.2 Å². The number of carboxylic acid groups (broad SMARTS) is 3. The molecule has 360 valence electrons. The molecule has 0 radical (unpaired) electrons. The van der Waals surface area contributed by atoms with Crippen LogP contribution in [-0.2, 0) is 36.1 Å². The zero-order valence-corrected chi connectivity index (χ0v) is 37.8. The third kappa shape index (κ3) is 17.2. The van der Waals surface area contributed by atoms with Gasteiger partial charge in [0.05, 0.1) is 52.4 Å². The van der Waals surface area contributed by atoms with E-state index >= 15 is 0 Å². The molecule has 0 aromatic carbocycles. The Hall–Kier alpha value is -5.98. The molecule has 7 N–H and O–H groups in total. The Bertz CT molecular complexity index is 2040. The van der Waals surface area contributed by atoms with Gasteiger partial charge in [0.15, 0.2) is 17.0 Å². The normalized spacial score (nSPS) is 17.4. The minimum absolute atomic E-state index is 0.0564. The van der Waals surface area contributed by atoms with Crippen molar-refractivity contribution in [1.29, 1.82) is 0 Å². The van der Waals surface area contributed by atoms with Crippen LogP contribution in [0.1, 0.15) is 46.5 Å². The minimum Gasteiger partial charge on any atom is -0.480 e. The van der Waals surface area contributed by atoms with Crippen LogP contribution in [0.25, 0.3) is 11.2 Å². The van der Waals surface area contributed by atoms with Crippen molar-refractivity contribution in [3.8, 4) is 5.88 Å². The van der Waals surface area contributed by atoms with Crippen LogP contribution in [0.15, 0.2) is 25.2 Å². The number of methoxy groups -OCH3 is 1. The maximum atomic E-state index is 14.2. The fraction of sp³-hybridized carbons (Fsp3) is 0.634. The first-order valence-electron chi connectivity index (χ1n) is 21.6. The summed E-state index contributed by atoms with van der Waals surface area (Å²) in [4.78, 5) is 80.2. The Morgan fingerprint density at radius 1 is 0.862 bits per heavy atom. The lowest BCUT2D eigenvalue weighted by Gasteiger charge is -2.32. The molecule has 1 atom stereocenters. The van der Waals surface area contributed by atoms with E-state index in [4.69, 9.17) is 14.7 Å². The molecule has 5 rings (SSSR count). The smallest absolute Gasteiger partial charge is 0.317 e. The van der Waals surface area contributed by atoms with Crippen molar-refractivity contribution in [2.24, 2.45) is 5.73 Å². The number of aliphatic carboxylic acids is 3. The molecule has 1 unspecified atom stereocenters. The Kier molecular flexibility index (Phi) is 19.8. The predicted molar refractivity (Wildman–Crippen MR) is 239 cm³/mol. The lowest BCUT2D eigenvalue weighted by molar-refractivity contribution is -0.140. The highest BCUT2D eigenvalue weighted by Crippen LogP contribution is 2.32. The summed E-state index contributed by atoms with van der Waals surface area (Å²) in [7, 11) is 1.54. The molecular formula is C41H65FN14O9. The fourth-order valence-electron chi connectivity index (χ4n) is 7.24. The number of anilines is 3. The number of carbonyl (C=O) groups excluding carboxylic acids is 2. The number of nitrogens with one attached hydrogen (secondary N) is 2. The average molecular weight is 917 g/mol. The summed E-state index contributed by atoms with van der Waals surface area (Å²) in [6.45, 7) is 13.0. The van der Waals surface area contributed by atoms with Crippen LogP contribution in [0.3, 0.4) is 0 Å². The molecule has 0 bridgehead atoms. The molecule has 5 heterocycles. The van der Waals surface area contributed by atoms with E-state index in [-0.39, 0.29) is 44.2 Å². The molecule has 0 spiro atoms. The molecule has 24 heteroatoms. The standard InChI is InChI=1S/C38H60FN13O8.C3H5NO/c1-38(2,3)52-26-41-33-34(43-37(44-35(33)52)50-11-8-27(39)20-50)42-28-21-51(45-36(28)60-4)10-7-5-6-9-40-29(53)22-46-12-14-47(23-30(54)55)16-18-49(25-32(58)59)19-17-48(15-13-46)24-31(56)57;1-2-3(4)5/h21,26-27H,5-20,22-25H2,1-4H3,(H,40,53)(H,54,55)(H,56,57)(H,58,59)(H,42,43,44);2H,1H2,(H2,4,5). The lowest BCUT2D eigenvalue weighted by Crippen LogP contribution is -2.49. The number of ether oxygens (including phenoxy) is 1. The Labute approximate surface area is 377 Å². The molecule has 2 saturated heterocycles. The quantitative estimate of drug-likeness (QED) is 0.0705. The van der Waals surface area contributed by atoms with E-state index in [1.54, 1.807) is 25.7 Å². The molecule has 3 aromatic rings. The van der Waals surface area contributed by atoms with Crippen LogP contribution < -0.4 is 26.0 Å². The van der Waals surface area contributed by atoms with E-state index in [0.717, 1.165) is 25.3 Å². The van der Waals surface area contributed by atoms with E-state index < -0.39 is 30.0 Å². The van der Waals surface area contributed by atoms with Crippen LogP contribution in [0.4, 0.5) is 21.8 Å². The van der Waals surface area contributed by atoms with Gasteiger partial charge < -0.3 is 45.9 Å². The first-order valence-corrected chi connectivity index (χ1v) is 21.6. The summed E-state index contributed by atoms with van der Waals surface area (Å²) in [5, 5.41) is 39.2. The first-order chi connectivity index (χ1) is 30.8. The summed E-state index contributed by atoms with van der Waals surface area (Å²) < 4.78 is 23.5. The van der Waals surface area contributed by atoms with Crippen molar-refractivity contribution in [1.82, 2.24) is 54.2 Å². The summed E-state index contributed by atoms with van der Waals surface area (Å²) >= 11 is 0. The Balaban J connectivity index is 0.00000175. The van der Waals surface area contributed by atoms with E-state index in [2.05, 4.69) is 53.8 Å². The van der Waals surface area contributed by atoms with Gasteiger partial charge in [-0.15, -0.1) is 5.10 Å². The highest BCUT2D eigenvalue weighted by Gasteiger charge is 2.28. The third-order valence-corrected chi connectivity index (χ3v) is 10.7. The van der Waals surface area contributed by atoms with E-state index in [9.17, 15) is 43.7 Å². The topological polar surface area (TPSA) is 283 Å². The van der Waals surface area contributed by atoms with Crippen LogP contribution in [0.2, 0.25) is 0 Å². The highest BCUT2D eigenvalue weighted by atomic mass is 19.1. The van der Waals surface area contributed by atoms with Crippen LogP contribution in [0, 0.1) is 0 Å². The molecular weight excluding hydrogens is 852 g/mol. The number of nitrogens with zero attached hydrogens (tertiary/aromatic N) is 11. The van der Waals surface area contributed by atoms with Crippen molar-refractivity contribution in [2.45, 2.75) is 64.7 Å². The minimum atomic E-state index is -1.02. The number of hydrogen-bond donors (Lipinski definition) is 6. The molecule has 2 fully saturated rings. The SMILES string of the molecule is C=CC(N)=O.COc1nn(CCCCCNC(=O)CN2CCN(CC(=O)O)CCN(CC(=O)O)CCN(CC(=O)O)CC2)cc1Nc1nc(N2CCC(F)C2)nc2c1ncn2C(C)(C)C. The van der Waals surface area contributed by atoms with E-state index in [1.165, 1.54) is 7.11 Å². The molecule has 0 saturated carbocycles. The zero-order chi connectivity index (χ0) is 47.7. The number of rotatable bonds is 19. The van der Waals surface area contributed by atoms with Gasteiger partial charge in [-0.3, -0.25) is 48.3 Å². The number of alkyl halides is 1. The Morgan fingerprint density at radius 3 is 1.86 bits per heavy atom. The molecule has 65 heavy (non-hydrogen) atoms. The van der Waals surface area contributed by atoms with Crippen molar-refractivity contribution >= 4 is 58.3 Å². The number of carboxylic acids is 3. The number of primary amides is 1. The summed E-state index contributed by atoms with van der Waals surface area (Å²) in [5.41, 5.74) is 6.01. The maximum Gasteiger partial charge on any atom is 0.317 e. The van der Waals surface area contributed by atoms with Gasteiger partial charge in [-0.25, -0.2) is 9.37 Å².